The molecule has 6 nitrogen and oxygen atoms in total. The van der Waals surface area contributed by atoms with E-state index in [-0.39, 0.29) is 23.7 Å². The van der Waals surface area contributed by atoms with Gasteiger partial charge in [-0.25, -0.2) is 0 Å². The van der Waals surface area contributed by atoms with Crippen molar-refractivity contribution >= 4 is 17.7 Å². The van der Waals surface area contributed by atoms with Crippen LogP contribution in [-0.2, 0) is 9.53 Å². The third-order valence-electron chi connectivity index (χ3n) is 4.45. The molecule has 1 aliphatic rings. The number of hydrogen-bond acceptors (Lipinski definition) is 6. The Balaban J connectivity index is 2.05. The zero-order valence-corrected chi connectivity index (χ0v) is 15.0. The maximum atomic E-state index is 12.1. The van der Waals surface area contributed by atoms with E-state index in [1.165, 1.54) is 23.9 Å². The number of hydrogen-bond donors (Lipinski definition) is 1. The standard InChI is InChI=1S/C19H19NO5S/c1-2-25-17(22)11-15-14-5-3-4-6-16(14)26-19(18(15)20(23)24)12-7-9-13(21)10-8-12/h3-10,15,18-19,21H,2,11H2,1H3/t15-,18-,19+/m0/s1. The molecule has 1 N–H and O–H groups in total. The third-order valence-corrected chi connectivity index (χ3v) is 5.88. The molecule has 136 valence electrons. The van der Waals surface area contributed by atoms with E-state index in [0.717, 1.165) is 16.0 Å². The van der Waals surface area contributed by atoms with Crippen molar-refractivity contribution in [1.29, 1.82) is 0 Å². The largest absolute Gasteiger partial charge is 0.508 e. The Kier molecular flexibility index (Phi) is 5.46. The van der Waals surface area contributed by atoms with Gasteiger partial charge in [0.2, 0.25) is 6.04 Å². The van der Waals surface area contributed by atoms with E-state index < -0.39 is 23.2 Å². The molecule has 0 amide bonds. The van der Waals surface area contributed by atoms with Gasteiger partial charge in [0, 0.05) is 9.82 Å². The van der Waals surface area contributed by atoms with Crippen LogP contribution in [0.1, 0.15) is 35.6 Å². The van der Waals surface area contributed by atoms with Crippen molar-refractivity contribution in [2.24, 2.45) is 0 Å². The summed E-state index contributed by atoms with van der Waals surface area (Å²) in [7, 11) is 0. The summed E-state index contributed by atoms with van der Waals surface area (Å²) >= 11 is 1.42. The molecular formula is C19H19NO5S. The zero-order chi connectivity index (χ0) is 18.7. The Morgan fingerprint density at radius 1 is 1.23 bits per heavy atom. The van der Waals surface area contributed by atoms with Gasteiger partial charge >= 0.3 is 5.97 Å². The van der Waals surface area contributed by atoms with Crippen molar-refractivity contribution in [3.8, 4) is 5.75 Å². The number of fused-ring (bicyclic) bond motifs is 1. The molecule has 26 heavy (non-hydrogen) atoms. The van der Waals surface area contributed by atoms with E-state index >= 15 is 0 Å². The van der Waals surface area contributed by atoms with Crippen molar-refractivity contribution in [2.75, 3.05) is 6.61 Å². The Labute approximate surface area is 155 Å². The van der Waals surface area contributed by atoms with Crippen molar-refractivity contribution in [1.82, 2.24) is 0 Å². The first kappa shape index (κ1) is 18.3. The SMILES string of the molecule is CCOC(=O)C[C@H]1c2ccccc2S[C@H](c2ccc(O)cc2)[C@H]1[N+](=O)[O-]. The molecule has 2 aromatic carbocycles. The fourth-order valence-corrected chi connectivity index (χ4v) is 4.82. The lowest BCUT2D eigenvalue weighted by molar-refractivity contribution is -0.527. The maximum Gasteiger partial charge on any atom is 0.306 e. The molecule has 2 aromatic rings. The van der Waals surface area contributed by atoms with Crippen LogP contribution in [0.4, 0.5) is 0 Å². The monoisotopic (exact) mass is 373 g/mol. The Bertz CT molecular complexity index is 808. The van der Waals surface area contributed by atoms with Crippen molar-refractivity contribution < 1.29 is 19.6 Å². The van der Waals surface area contributed by atoms with Crippen LogP contribution in [0.5, 0.6) is 5.75 Å². The molecule has 0 radical (unpaired) electrons. The van der Waals surface area contributed by atoms with Gasteiger partial charge in [0.05, 0.1) is 18.9 Å². The first-order valence-electron chi connectivity index (χ1n) is 8.35. The summed E-state index contributed by atoms with van der Waals surface area (Å²) in [6.45, 7) is 1.96. The number of nitro groups is 1. The average Bonchev–Trinajstić information content (AvgIpc) is 2.62. The van der Waals surface area contributed by atoms with Crippen molar-refractivity contribution in [3.05, 3.63) is 69.8 Å². The molecule has 0 saturated carbocycles. The third kappa shape index (κ3) is 3.67. The minimum absolute atomic E-state index is 0.0361. The molecule has 1 heterocycles. The number of nitrogens with zero attached hydrogens (tertiary/aromatic N) is 1. The van der Waals surface area contributed by atoms with Gasteiger partial charge in [-0.05, 0) is 36.2 Å². The number of esters is 1. The topological polar surface area (TPSA) is 89.7 Å². The Morgan fingerprint density at radius 3 is 2.58 bits per heavy atom. The fraction of sp³-hybridized carbons (Fsp3) is 0.316. The lowest BCUT2D eigenvalue weighted by Gasteiger charge is -2.33. The summed E-state index contributed by atoms with van der Waals surface area (Å²) < 4.78 is 5.04. The number of carbonyl (C=O) groups is 1. The molecule has 0 unspecified atom stereocenters. The van der Waals surface area contributed by atoms with Crippen LogP contribution in [-0.4, -0.2) is 28.6 Å². The van der Waals surface area contributed by atoms with Gasteiger partial charge in [0.25, 0.3) is 0 Å². The first-order chi connectivity index (χ1) is 12.5. The van der Waals surface area contributed by atoms with Crippen LogP contribution in [0.25, 0.3) is 0 Å². The lowest BCUT2D eigenvalue weighted by Crippen LogP contribution is -2.37. The summed E-state index contributed by atoms with van der Waals surface area (Å²) in [4.78, 5) is 24.7. The van der Waals surface area contributed by atoms with E-state index in [0.29, 0.717) is 0 Å². The number of aromatic hydroxyl groups is 1. The van der Waals surface area contributed by atoms with E-state index in [2.05, 4.69) is 0 Å². The van der Waals surface area contributed by atoms with E-state index in [4.69, 9.17) is 4.74 Å². The molecule has 0 saturated heterocycles. The number of benzene rings is 2. The van der Waals surface area contributed by atoms with E-state index in [9.17, 15) is 20.0 Å². The summed E-state index contributed by atoms with van der Waals surface area (Å²) in [5.41, 5.74) is 1.56. The van der Waals surface area contributed by atoms with Crippen molar-refractivity contribution in [3.63, 3.8) is 0 Å². The molecule has 0 fully saturated rings. The number of phenols is 1. The molecule has 3 rings (SSSR count). The number of ether oxygens (including phenoxy) is 1. The molecule has 0 aromatic heterocycles. The number of thioether (sulfide) groups is 1. The molecule has 0 bridgehead atoms. The van der Waals surface area contributed by atoms with E-state index in [1.807, 2.05) is 24.3 Å². The summed E-state index contributed by atoms with van der Waals surface area (Å²) in [5, 5.41) is 21.0. The van der Waals surface area contributed by atoms with Gasteiger partial charge in [-0.3, -0.25) is 14.9 Å². The summed E-state index contributed by atoms with van der Waals surface area (Å²) in [5.74, 6) is -0.897. The average molecular weight is 373 g/mol. The second-order valence-corrected chi connectivity index (χ2v) is 7.24. The second kappa shape index (κ2) is 7.78. The molecule has 0 spiro atoms. The van der Waals surface area contributed by atoms with Crippen LogP contribution in [0, 0.1) is 10.1 Å². The van der Waals surface area contributed by atoms with Crippen LogP contribution in [0.15, 0.2) is 53.4 Å². The van der Waals surface area contributed by atoms with Crippen LogP contribution in [0.3, 0.4) is 0 Å². The molecule has 7 heteroatoms. The minimum Gasteiger partial charge on any atom is -0.508 e. The highest BCUT2D eigenvalue weighted by Crippen LogP contribution is 2.51. The van der Waals surface area contributed by atoms with Gasteiger partial charge in [0.1, 0.15) is 11.0 Å². The van der Waals surface area contributed by atoms with Crippen molar-refractivity contribution in [2.45, 2.75) is 35.4 Å². The highest BCUT2D eigenvalue weighted by atomic mass is 32.2. The van der Waals surface area contributed by atoms with Gasteiger partial charge in [0.15, 0.2) is 0 Å². The molecule has 3 atom stereocenters. The first-order valence-corrected chi connectivity index (χ1v) is 9.22. The Hall–Kier alpha value is -2.54. The smallest absolute Gasteiger partial charge is 0.306 e. The van der Waals surface area contributed by atoms with Crippen LogP contribution >= 0.6 is 11.8 Å². The predicted molar refractivity (Wildman–Crippen MR) is 97.9 cm³/mol. The van der Waals surface area contributed by atoms with Gasteiger partial charge in [-0.2, -0.15) is 0 Å². The second-order valence-electron chi connectivity index (χ2n) is 6.06. The predicted octanol–water partition coefficient (Wildman–Crippen LogP) is 3.92. The molecular weight excluding hydrogens is 354 g/mol. The van der Waals surface area contributed by atoms with Crippen LogP contribution < -0.4 is 0 Å². The lowest BCUT2D eigenvalue weighted by atomic mass is 9.84. The maximum absolute atomic E-state index is 12.1. The van der Waals surface area contributed by atoms with Gasteiger partial charge < -0.3 is 9.84 Å². The number of carbonyl (C=O) groups excluding carboxylic acids is 1. The normalized spacial score (nSPS) is 21.7. The quantitative estimate of drug-likeness (QED) is 0.485. The fourth-order valence-electron chi connectivity index (χ4n) is 3.31. The van der Waals surface area contributed by atoms with Gasteiger partial charge in [-0.15, -0.1) is 11.8 Å². The number of rotatable bonds is 5. The van der Waals surface area contributed by atoms with E-state index in [1.54, 1.807) is 19.1 Å². The Morgan fingerprint density at radius 2 is 1.92 bits per heavy atom. The highest BCUT2D eigenvalue weighted by molar-refractivity contribution is 7.99. The summed E-state index contributed by atoms with van der Waals surface area (Å²) in [6, 6.07) is 12.9. The highest BCUT2D eigenvalue weighted by Gasteiger charge is 2.47. The van der Waals surface area contributed by atoms with Crippen LogP contribution in [0.2, 0.25) is 0 Å². The van der Waals surface area contributed by atoms with Gasteiger partial charge in [-0.1, -0.05) is 30.3 Å². The molecule has 0 aliphatic carbocycles. The number of phenolic OH excluding ortho intramolecular Hbond substituents is 1. The summed E-state index contributed by atoms with van der Waals surface area (Å²) in [6.07, 6.45) is -0.0361. The zero-order valence-electron chi connectivity index (χ0n) is 14.2. The minimum atomic E-state index is -0.969. The molecule has 1 aliphatic heterocycles.